The Morgan fingerprint density at radius 2 is 1.66 bits per heavy atom. The second kappa shape index (κ2) is 9.11. The van der Waals surface area contributed by atoms with E-state index in [1.165, 1.54) is 12.1 Å². The van der Waals surface area contributed by atoms with Crippen LogP contribution in [0.1, 0.15) is 12.5 Å². The number of amides is 1. The molecule has 0 saturated carbocycles. The predicted molar refractivity (Wildman–Crippen MR) is 114 cm³/mol. The third-order valence-corrected chi connectivity index (χ3v) is 6.24. The van der Waals surface area contributed by atoms with Gasteiger partial charge in [-0.3, -0.25) is 4.79 Å². The van der Waals surface area contributed by atoms with Gasteiger partial charge in [0.05, 0.1) is 10.6 Å². The number of benzene rings is 3. The first-order valence-corrected chi connectivity index (χ1v) is 10.8. The van der Waals surface area contributed by atoms with Crippen molar-refractivity contribution >= 4 is 33.2 Å². The summed E-state index contributed by atoms with van der Waals surface area (Å²) in [6, 6.07) is 21.2. The zero-order valence-corrected chi connectivity index (χ0v) is 17.4. The van der Waals surface area contributed by atoms with Crippen molar-refractivity contribution in [2.45, 2.75) is 18.2 Å². The first-order chi connectivity index (χ1) is 13.9. The second-order valence-corrected chi connectivity index (χ2v) is 8.47. The fourth-order valence-corrected chi connectivity index (χ4v) is 4.35. The topological polar surface area (TPSA) is 63.7 Å². The molecule has 7 heteroatoms. The zero-order chi connectivity index (χ0) is 20.9. The molecular formula is C22H20ClNO4S. The van der Waals surface area contributed by atoms with Gasteiger partial charge in [0, 0.05) is 5.02 Å². The molecule has 0 aromatic heterocycles. The minimum absolute atomic E-state index is 0.0238. The van der Waals surface area contributed by atoms with E-state index in [-0.39, 0.29) is 10.6 Å². The van der Waals surface area contributed by atoms with Gasteiger partial charge in [0.2, 0.25) is 0 Å². The van der Waals surface area contributed by atoms with Crippen molar-refractivity contribution in [3.8, 4) is 5.75 Å². The molecule has 0 aliphatic heterocycles. The first-order valence-electron chi connectivity index (χ1n) is 9.02. The Labute approximate surface area is 175 Å². The molecular weight excluding hydrogens is 410 g/mol. The van der Waals surface area contributed by atoms with Crippen LogP contribution in [0, 0.1) is 0 Å². The van der Waals surface area contributed by atoms with Crippen LogP contribution in [0.25, 0.3) is 0 Å². The lowest BCUT2D eigenvalue weighted by atomic mass is 10.1. The smallest absolute Gasteiger partial charge is 0.278 e. The minimum atomic E-state index is -4.11. The SMILES string of the molecule is CCc1ccc(N(C(=O)COc2cccc(Cl)c2)S(=O)(=O)c2ccccc2)cc1. The van der Waals surface area contributed by atoms with Crippen LogP contribution in [0.4, 0.5) is 5.69 Å². The maximum absolute atomic E-state index is 13.2. The van der Waals surface area contributed by atoms with Crippen LogP contribution >= 0.6 is 11.6 Å². The van der Waals surface area contributed by atoms with Crippen molar-refractivity contribution < 1.29 is 17.9 Å². The molecule has 0 radical (unpaired) electrons. The molecule has 5 nitrogen and oxygen atoms in total. The molecule has 0 saturated heterocycles. The predicted octanol–water partition coefficient (Wildman–Crippen LogP) is 4.70. The monoisotopic (exact) mass is 429 g/mol. The summed E-state index contributed by atoms with van der Waals surface area (Å²) < 4.78 is 32.7. The molecule has 0 spiro atoms. The van der Waals surface area contributed by atoms with Gasteiger partial charge in [-0.1, -0.05) is 54.9 Å². The van der Waals surface area contributed by atoms with Gasteiger partial charge in [-0.15, -0.1) is 0 Å². The highest BCUT2D eigenvalue weighted by Gasteiger charge is 2.31. The average Bonchev–Trinajstić information content (AvgIpc) is 2.73. The molecule has 150 valence electrons. The van der Waals surface area contributed by atoms with E-state index in [0.29, 0.717) is 10.8 Å². The van der Waals surface area contributed by atoms with E-state index in [2.05, 4.69) is 0 Å². The molecule has 3 rings (SSSR count). The van der Waals surface area contributed by atoms with E-state index < -0.39 is 22.5 Å². The van der Waals surface area contributed by atoms with Gasteiger partial charge in [-0.05, 0) is 54.4 Å². The van der Waals surface area contributed by atoms with Gasteiger partial charge in [-0.2, -0.15) is 4.31 Å². The number of ether oxygens (including phenoxy) is 1. The Balaban J connectivity index is 1.94. The lowest BCUT2D eigenvalue weighted by Gasteiger charge is -2.23. The van der Waals surface area contributed by atoms with Gasteiger partial charge in [0.1, 0.15) is 5.75 Å². The van der Waals surface area contributed by atoms with Crippen molar-refractivity contribution in [2.24, 2.45) is 0 Å². The van der Waals surface area contributed by atoms with Crippen LogP contribution in [0.3, 0.4) is 0 Å². The molecule has 0 aliphatic rings. The summed E-state index contributed by atoms with van der Waals surface area (Å²) in [4.78, 5) is 13.0. The fourth-order valence-electron chi connectivity index (χ4n) is 2.74. The van der Waals surface area contributed by atoms with Gasteiger partial charge in [0.25, 0.3) is 15.9 Å². The van der Waals surface area contributed by atoms with Crippen molar-refractivity contribution in [1.29, 1.82) is 0 Å². The van der Waals surface area contributed by atoms with E-state index in [0.717, 1.165) is 16.3 Å². The molecule has 1 amide bonds. The number of anilines is 1. The molecule has 0 unspecified atom stereocenters. The van der Waals surface area contributed by atoms with Crippen LogP contribution in [-0.4, -0.2) is 20.9 Å². The lowest BCUT2D eigenvalue weighted by molar-refractivity contribution is -0.119. The Hall–Kier alpha value is -2.83. The number of nitrogens with zero attached hydrogens (tertiary/aromatic N) is 1. The first kappa shape index (κ1) is 20.9. The number of halogens is 1. The van der Waals surface area contributed by atoms with Gasteiger partial charge >= 0.3 is 0 Å². The van der Waals surface area contributed by atoms with Crippen molar-refractivity contribution in [2.75, 3.05) is 10.9 Å². The van der Waals surface area contributed by atoms with Gasteiger partial charge < -0.3 is 4.74 Å². The third kappa shape index (κ3) is 4.96. The number of carbonyl (C=O) groups excluding carboxylic acids is 1. The molecule has 0 aliphatic carbocycles. The zero-order valence-electron chi connectivity index (χ0n) is 15.8. The van der Waals surface area contributed by atoms with E-state index in [1.54, 1.807) is 66.7 Å². The molecule has 0 N–H and O–H groups in total. The molecule has 3 aromatic rings. The molecule has 3 aromatic carbocycles. The third-order valence-electron chi connectivity index (χ3n) is 4.25. The van der Waals surface area contributed by atoms with Crippen LogP contribution in [0.5, 0.6) is 5.75 Å². The average molecular weight is 430 g/mol. The van der Waals surface area contributed by atoms with Gasteiger partial charge in [-0.25, -0.2) is 8.42 Å². The summed E-state index contributed by atoms with van der Waals surface area (Å²) in [5.74, 6) is -0.331. The van der Waals surface area contributed by atoms with Crippen molar-refractivity contribution in [3.05, 3.63) is 89.4 Å². The highest BCUT2D eigenvalue weighted by Crippen LogP contribution is 2.25. The second-order valence-electron chi connectivity index (χ2n) is 6.24. The molecule has 0 fully saturated rings. The number of rotatable bonds is 7. The quantitative estimate of drug-likeness (QED) is 0.546. The maximum atomic E-state index is 13.2. The summed E-state index contributed by atoms with van der Waals surface area (Å²) in [5, 5.41) is 0.457. The highest BCUT2D eigenvalue weighted by atomic mass is 35.5. The van der Waals surface area contributed by atoms with Crippen molar-refractivity contribution in [3.63, 3.8) is 0 Å². The number of aryl methyl sites for hydroxylation is 1. The Kier molecular flexibility index (Phi) is 6.56. The van der Waals surface area contributed by atoms with E-state index in [1.807, 2.05) is 6.92 Å². The maximum Gasteiger partial charge on any atom is 0.278 e. The summed E-state index contributed by atoms with van der Waals surface area (Å²) in [6.07, 6.45) is 0.803. The van der Waals surface area contributed by atoms with Crippen LogP contribution in [-0.2, 0) is 21.2 Å². The Morgan fingerprint density at radius 1 is 0.966 bits per heavy atom. The minimum Gasteiger partial charge on any atom is -0.484 e. The van der Waals surface area contributed by atoms with Crippen LogP contribution in [0.2, 0.25) is 5.02 Å². The number of hydrogen-bond acceptors (Lipinski definition) is 4. The normalized spacial score (nSPS) is 11.1. The largest absolute Gasteiger partial charge is 0.484 e. The van der Waals surface area contributed by atoms with E-state index in [4.69, 9.17) is 16.3 Å². The molecule has 0 heterocycles. The summed E-state index contributed by atoms with van der Waals surface area (Å²) >= 11 is 5.93. The number of sulfonamides is 1. The standard InChI is InChI=1S/C22H20ClNO4S/c1-2-17-11-13-19(14-12-17)24(29(26,27)21-9-4-3-5-10-21)22(25)16-28-20-8-6-7-18(23)15-20/h3-15H,2,16H2,1H3. The molecule has 0 bridgehead atoms. The summed E-state index contributed by atoms with van der Waals surface area (Å²) in [6.45, 7) is 1.54. The highest BCUT2D eigenvalue weighted by molar-refractivity contribution is 7.93. The van der Waals surface area contributed by atoms with Gasteiger partial charge in [0.15, 0.2) is 6.61 Å². The summed E-state index contributed by atoms with van der Waals surface area (Å²) in [7, 11) is -4.11. The van der Waals surface area contributed by atoms with Crippen LogP contribution < -0.4 is 9.04 Å². The Bertz CT molecular complexity index is 1080. The van der Waals surface area contributed by atoms with Crippen LogP contribution in [0.15, 0.2) is 83.8 Å². The lowest BCUT2D eigenvalue weighted by Crippen LogP contribution is -2.40. The number of carbonyl (C=O) groups is 1. The summed E-state index contributed by atoms with van der Waals surface area (Å²) in [5.41, 5.74) is 1.29. The van der Waals surface area contributed by atoms with Crippen molar-refractivity contribution in [1.82, 2.24) is 0 Å². The number of hydrogen-bond donors (Lipinski definition) is 0. The Morgan fingerprint density at radius 3 is 2.28 bits per heavy atom. The molecule has 29 heavy (non-hydrogen) atoms. The fraction of sp³-hybridized carbons (Fsp3) is 0.136. The van der Waals surface area contributed by atoms with E-state index >= 15 is 0 Å². The molecule has 0 atom stereocenters. The van der Waals surface area contributed by atoms with E-state index in [9.17, 15) is 13.2 Å².